The Hall–Kier alpha value is -0.530. The average molecular weight is 166 g/mol. The van der Waals surface area contributed by atoms with Gasteiger partial charge in [-0.1, -0.05) is 13.8 Å². The van der Waals surface area contributed by atoms with Gasteiger partial charge in [-0.25, -0.2) is 0 Å². The van der Waals surface area contributed by atoms with Gasteiger partial charge in [0.25, 0.3) is 0 Å². The van der Waals surface area contributed by atoms with E-state index in [9.17, 15) is 0 Å². The summed E-state index contributed by atoms with van der Waals surface area (Å²) in [5.41, 5.74) is 0. The molecule has 2 rings (SSSR count). The SMILES string of the molecule is CC(C)C(=N)N1C2CCC1CC2. The Kier molecular flexibility index (Phi) is 1.85. The van der Waals surface area contributed by atoms with Crippen LogP contribution in [0.3, 0.4) is 0 Å². The van der Waals surface area contributed by atoms with E-state index < -0.39 is 0 Å². The Balaban J connectivity index is 2.09. The summed E-state index contributed by atoms with van der Waals surface area (Å²) in [6, 6.07) is 1.45. The molecule has 68 valence electrons. The van der Waals surface area contributed by atoms with Crippen molar-refractivity contribution in [1.29, 1.82) is 5.41 Å². The van der Waals surface area contributed by atoms with Crippen LogP contribution in [0.25, 0.3) is 0 Å². The van der Waals surface area contributed by atoms with Crippen molar-refractivity contribution in [1.82, 2.24) is 4.90 Å². The number of hydrogen-bond donors (Lipinski definition) is 1. The maximum Gasteiger partial charge on any atom is 0.0988 e. The molecule has 0 atom stereocenters. The van der Waals surface area contributed by atoms with E-state index in [1.807, 2.05) is 0 Å². The molecule has 0 aromatic carbocycles. The molecule has 2 nitrogen and oxygen atoms in total. The van der Waals surface area contributed by atoms with Gasteiger partial charge in [0, 0.05) is 18.0 Å². The third-order valence-corrected chi connectivity index (χ3v) is 3.28. The minimum Gasteiger partial charge on any atom is -0.354 e. The standard InChI is InChI=1S/C10H18N2/c1-7(2)10(11)12-8-3-4-9(12)6-5-8/h7-9,11H,3-6H2,1-2H3. The molecule has 0 unspecified atom stereocenters. The van der Waals surface area contributed by atoms with E-state index in [1.165, 1.54) is 25.7 Å². The highest BCUT2D eigenvalue weighted by Gasteiger charge is 2.40. The lowest BCUT2D eigenvalue weighted by atomic mass is 10.0. The Bertz CT molecular complexity index is 178. The lowest BCUT2D eigenvalue weighted by Crippen LogP contribution is -2.37. The van der Waals surface area contributed by atoms with Crippen LogP contribution in [0.5, 0.6) is 0 Å². The first-order valence-electron chi connectivity index (χ1n) is 5.07. The van der Waals surface area contributed by atoms with Gasteiger partial charge in [0.15, 0.2) is 0 Å². The van der Waals surface area contributed by atoms with Crippen LogP contribution in [-0.2, 0) is 0 Å². The van der Waals surface area contributed by atoms with E-state index in [0.29, 0.717) is 5.92 Å². The Labute approximate surface area is 74.5 Å². The molecular formula is C10H18N2. The summed E-state index contributed by atoms with van der Waals surface area (Å²) in [7, 11) is 0. The number of fused-ring (bicyclic) bond motifs is 2. The molecule has 2 heteroatoms. The first-order valence-corrected chi connectivity index (χ1v) is 5.07. The summed E-state index contributed by atoms with van der Waals surface area (Å²) in [4.78, 5) is 2.38. The van der Waals surface area contributed by atoms with Crippen molar-refractivity contribution < 1.29 is 0 Å². The summed E-state index contributed by atoms with van der Waals surface area (Å²) >= 11 is 0. The van der Waals surface area contributed by atoms with Crippen molar-refractivity contribution in [2.24, 2.45) is 5.92 Å². The zero-order valence-corrected chi connectivity index (χ0v) is 8.01. The third kappa shape index (κ3) is 1.05. The highest BCUT2D eigenvalue weighted by Crippen LogP contribution is 2.38. The molecule has 2 aliphatic heterocycles. The minimum atomic E-state index is 0.409. The van der Waals surface area contributed by atoms with Crippen molar-refractivity contribution >= 4 is 5.84 Å². The van der Waals surface area contributed by atoms with Crippen molar-refractivity contribution in [3.8, 4) is 0 Å². The zero-order chi connectivity index (χ0) is 8.72. The van der Waals surface area contributed by atoms with Crippen LogP contribution in [0.2, 0.25) is 0 Å². The first kappa shape index (κ1) is 8.09. The first-order chi connectivity index (χ1) is 5.70. The van der Waals surface area contributed by atoms with Gasteiger partial charge >= 0.3 is 0 Å². The van der Waals surface area contributed by atoms with Gasteiger partial charge in [-0.3, -0.25) is 5.41 Å². The average Bonchev–Trinajstić information content (AvgIpc) is 2.61. The monoisotopic (exact) mass is 166 g/mol. The molecule has 2 saturated heterocycles. The lowest BCUT2D eigenvalue weighted by molar-refractivity contribution is 0.377. The van der Waals surface area contributed by atoms with Gasteiger partial charge in [0.1, 0.15) is 0 Å². The summed E-state index contributed by atoms with van der Waals surface area (Å²) < 4.78 is 0. The maximum atomic E-state index is 7.97. The maximum absolute atomic E-state index is 7.97. The molecule has 0 radical (unpaired) electrons. The Morgan fingerprint density at radius 1 is 1.17 bits per heavy atom. The van der Waals surface area contributed by atoms with E-state index in [1.54, 1.807) is 0 Å². The van der Waals surface area contributed by atoms with Crippen LogP contribution < -0.4 is 0 Å². The Morgan fingerprint density at radius 2 is 1.58 bits per heavy atom. The van der Waals surface area contributed by atoms with Gasteiger partial charge in [0.05, 0.1) is 5.84 Å². The molecule has 2 heterocycles. The number of hydrogen-bond acceptors (Lipinski definition) is 1. The van der Waals surface area contributed by atoms with Crippen molar-refractivity contribution in [2.75, 3.05) is 0 Å². The van der Waals surface area contributed by atoms with Crippen LogP contribution in [-0.4, -0.2) is 22.8 Å². The minimum absolute atomic E-state index is 0.409. The largest absolute Gasteiger partial charge is 0.354 e. The summed E-state index contributed by atoms with van der Waals surface area (Å²) in [6.07, 6.45) is 5.33. The Morgan fingerprint density at radius 3 is 1.92 bits per heavy atom. The van der Waals surface area contributed by atoms with Gasteiger partial charge in [-0.05, 0) is 25.7 Å². The molecule has 0 saturated carbocycles. The predicted molar refractivity (Wildman–Crippen MR) is 50.4 cm³/mol. The fourth-order valence-corrected chi connectivity index (χ4v) is 2.60. The topological polar surface area (TPSA) is 27.1 Å². The molecular weight excluding hydrogens is 148 g/mol. The van der Waals surface area contributed by atoms with E-state index in [2.05, 4.69) is 18.7 Å². The molecule has 2 aliphatic rings. The molecule has 12 heavy (non-hydrogen) atoms. The smallest absolute Gasteiger partial charge is 0.0988 e. The van der Waals surface area contributed by atoms with Crippen LogP contribution in [0.4, 0.5) is 0 Å². The second-order valence-corrected chi connectivity index (χ2v) is 4.41. The number of nitrogens with one attached hydrogen (secondary N) is 1. The molecule has 0 aliphatic carbocycles. The van der Waals surface area contributed by atoms with Gasteiger partial charge in [-0.2, -0.15) is 0 Å². The highest BCUT2D eigenvalue weighted by atomic mass is 15.3. The lowest BCUT2D eigenvalue weighted by Gasteiger charge is -2.27. The number of amidine groups is 1. The second-order valence-electron chi connectivity index (χ2n) is 4.41. The molecule has 1 N–H and O–H groups in total. The van der Waals surface area contributed by atoms with Crippen LogP contribution in [0.15, 0.2) is 0 Å². The predicted octanol–water partition coefficient (Wildman–Crippen LogP) is 2.25. The van der Waals surface area contributed by atoms with Crippen molar-refractivity contribution in [3.05, 3.63) is 0 Å². The normalized spacial score (nSPS) is 33.4. The van der Waals surface area contributed by atoms with Crippen LogP contribution >= 0.6 is 0 Å². The second kappa shape index (κ2) is 2.75. The molecule has 2 fully saturated rings. The van der Waals surface area contributed by atoms with E-state index in [4.69, 9.17) is 5.41 Å². The summed E-state index contributed by atoms with van der Waals surface area (Å²) in [5.74, 6) is 1.28. The molecule has 0 spiro atoms. The molecule has 0 aromatic heterocycles. The molecule has 0 aromatic rings. The van der Waals surface area contributed by atoms with Crippen molar-refractivity contribution in [2.45, 2.75) is 51.6 Å². The summed E-state index contributed by atoms with van der Waals surface area (Å²) in [5, 5.41) is 7.97. The van der Waals surface area contributed by atoms with Crippen LogP contribution in [0, 0.1) is 11.3 Å². The van der Waals surface area contributed by atoms with Crippen LogP contribution in [0.1, 0.15) is 39.5 Å². The third-order valence-electron chi connectivity index (χ3n) is 3.28. The fourth-order valence-electron chi connectivity index (χ4n) is 2.60. The molecule has 0 amide bonds. The van der Waals surface area contributed by atoms with E-state index in [0.717, 1.165) is 17.9 Å². The van der Waals surface area contributed by atoms with E-state index in [-0.39, 0.29) is 0 Å². The quantitative estimate of drug-likeness (QED) is 0.469. The number of nitrogens with zero attached hydrogens (tertiary/aromatic N) is 1. The molecule has 2 bridgehead atoms. The zero-order valence-electron chi connectivity index (χ0n) is 8.01. The van der Waals surface area contributed by atoms with Gasteiger partial charge in [-0.15, -0.1) is 0 Å². The van der Waals surface area contributed by atoms with Crippen molar-refractivity contribution in [3.63, 3.8) is 0 Å². The van der Waals surface area contributed by atoms with Gasteiger partial charge in [0.2, 0.25) is 0 Å². The van der Waals surface area contributed by atoms with E-state index >= 15 is 0 Å². The highest BCUT2D eigenvalue weighted by molar-refractivity contribution is 5.82. The number of rotatable bonds is 1. The van der Waals surface area contributed by atoms with Gasteiger partial charge < -0.3 is 4.90 Å². The summed E-state index contributed by atoms with van der Waals surface area (Å²) in [6.45, 7) is 4.25. The fraction of sp³-hybridized carbons (Fsp3) is 0.900.